The number of amides is 3. The van der Waals surface area contributed by atoms with Gasteiger partial charge < -0.3 is 69.5 Å². The number of nitrogens with zero attached hydrogens (tertiary/aromatic N) is 19. The molecule has 9 aromatic heterocycles. The van der Waals surface area contributed by atoms with Crippen molar-refractivity contribution in [3.8, 4) is 34.3 Å². The number of aromatic amines is 3. The van der Waals surface area contributed by atoms with Crippen LogP contribution >= 0.6 is 0 Å². The van der Waals surface area contributed by atoms with E-state index in [0.29, 0.717) is 148 Å². The summed E-state index contributed by atoms with van der Waals surface area (Å²) in [5.41, 5.74) is 14.3. The van der Waals surface area contributed by atoms with Crippen molar-refractivity contribution in [1.29, 1.82) is 0 Å². The summed E-state index contributed by atoms with van der Waals surface area (Å²) in [6, 6.07) is 35.4. The van der Waals surface area contributed by atoms with Crippen LogP contribution in [-0.2, 0) is 46.9 Å². The number of carbonyl (C=O) groups excluding carboxylic acids is 3. The lowest BCUT2D eigenvalue weighted by Gasteiger charge is -2.30. The Labute approximate surface area is 739 Å². The van der Waals surface area contributed by atoms with E-state index in [1.54, 1.807) is 56.7 Å². The molecule has 16 heterocycles. The van der Waals surface area contributed by atoms with Crippen molar-refractivity contribution in [2.45, 2.75) is 96.2 Å². The molecule has 129 heavy (non-hydrogen) atoms. The number of piperidine rings is 1. The van der Waals surface area contributed by atoms with Gasteiger partial charge in [-0.1, -0.05) is 48.6 Å². The Bertz CT molecular complexity index is 7180. The molecule has 0 unspecified atom stereocenters. The number of likely N-dealkylation sites (tertiary alicyclic amines) is 1. The van der Waals surface area contributed by atoms with E-state index in [9.17, 15) is 28.8 Å². The van der Waals surface area contributed by atoms with Gasteiger partial charge in [-0.15, -0.1) is 0 Å². The molecule has 0 aliphatic carbocycles. The Balaban J connectivity index is 0.000000121. The first-order valence-electron chi connectivity index (χ1n) is 44.1. The van der Waals surface area contributed by atoms with Crippen molar-refractivity contribution in [2.24, 2.45) is 0 Å². The fourth-order valence-corrected chi connectivity index (χ4v) is 18.2. The smallest absolute Gasteiger partial charge is 0.278 e. The van der Waals surface area contributed by atoms with E-state index in [0.717, 1.165) is 136 Å². The molecule has 0 spiro atoms. The van der Waals surface area contributed by atoms with Crippen molar-refractivity contribution in [1.82, 2.24) is 92.9 Å². The van der Waals surface area contributed by atoms with E-state index in [2.05, 4.69) is 156 Å². The minimum atomic E-state index is -0.186. The summed E-state index contributed by atoms with van der Waals surface area (Å²) in [6.07, 6.45) is 31.1. The monoisotopic (exact) mass is 1730 g/mol. The molecule has 7 aliphatic heterocycles. The molecule has 0 radical (unpaired) electrons. The van der Waals surface area contributed by atoms with Gasteiger partial charge in [0.1, 0.15) is 33.4 Å². The van der Waals surface area contributed by atoms with E-state index in [4.69, 9.17) is 29.2 Å². The molecule has 22 rings (SSSR count). The average Bonchev–Trinajstić information content (AvgIpc) is 1.61. The van der Waals surface area contributed by atoms with Crippen LogP contribution in [0, 0.1) is 0 Å². The van der Waals surface area contributed by atoms with Crippen LogP contribution in [0.1, 0.15) is 80.5 Å². The molecule has 7 aliphatic rings. The number of hydrogen-bond acceptors (Lipinski definition) is 22. The number of likely N-dealkylation sites (N-methyl/N-ethyl adjacent to an activating group) is 1. The van der Waals surface area contributed by atoms with Gasteiger partial charge in [0.15, 0.2) is 36.8 Å². The Kier molecular flexibility index (Phi) is 22.5. The van der Waals surface area contributed by atoms with Crippen LogP contribution in [0.2, 0.25) is 0 Å². The van der Waals surface area contributed by atoms with Crippen LogP contribution in [0.25, 0.3) is 82.9 Å². The van der Waals surface area contributed by atoms with Gasteiger partial charge in [0, 0.05) is 113 Å². The van der Waals surface area contributed by atoms with Crippen molar-refractivity contribution >= 4 is 135 Å². The molecule has 15 aromatic rings. The predicted octanol–water partition coefficient (Wildman–Crippen LogP) is 12.4. The number of hydrogen-bond donors (Lipinski definition) is 6. The van der Waals surface area contributed by atoms with E-state index in [1.165, 1.54) is 27.6 Å². The highest BCUT2D eigenvalue weighted by molar-refractivity contribution is 6.01. The van der Waals surface area contributed by atoms with Crippen LogP contribution in [0.3, 0.4) is 0 Å². The molecule has 34 heteroatoms. The number of carbonyl (C=O) groups is 3. The predicted molar refractivity (Wildman–Crippen MR) is 499 cm³/mol. The number of aromatic nitrogens is 16. The van der Waals surface area contributed by atoms with Crippen LogP contribution in [0.4, 0.5) is 52.0 Å². The Morgan fingerprint density at radius 2 is 0.829 bits per heavy atom. The quantitative estimate of drug-likeness (QED) is 0.0551. The molecular weight excluding hydrogens is 1640 g/mol. The lowest BCUT2D eigenvalue weighted by molar-refractivity contribution is -0.122. The van der Waals surface area contributed by atoms with Gasteiger partial charge in [-0.25, -0.2) is 43.0 Å². The molecule has 0 saturated carbocycles. The molecule has 3 amide bonds. The van der Waals surface area contributed by atoms with Crippen LogP contribution in [-0.4, -0.2) is 211 Å². The van der Waals surface area contributed by atoms with Crippen LogP contribution in [0.5, 0.6) is 17.2 Å². The summed E-state index contributed by atoms with van der Waals surface area (Å²) in [5, 5.41) is 22.6. The van der Waals surface area contributed by atoms with Crippen LogP contribution < -0.4 is 61.5 Å². The first kappa shape index (κ1) is 82.5. The normalized spacial score (nSPS) is 15.9. The number of H-pyrrole nitrogens is 3. The first-order chi connectivity index (χ1) is 62.9. The fraction of sp³-hybridized carbons (Fsp3) is 0.316. The molecular formula is C95H99N25O9. The van der Waals surface area contributed by atoms with Gasteiger partial charge in [0.05, 0.1) is 59.3 Å². The van der Waals surface area contributed by atoms with Gasteiger partial charge in [0.25, 0.3) is 34.4 Å². The third kappa shape index (κ3) is 16.4. The van der Waals surface area contributed by atoms with Crippen molar-refractivity contribution in [3.05, 3.63) is 225 Å². The molecule has 1 saturated heterocycles. The maximum Gasteiger partial charge on any atom is 0.278 e. The topological polar surface area (TPSA) is 353 Å². The largest absolute Gasteiger partial charge is 0.482 e. The van der Waals surface area contributed by atoms with E-state index >= 15 is 0 Å². The number of allylic oxidation sites excluding steroid dienone is 6. The first-order valence-corrected chi connectivity index (χ1v) is 44.1. The molecule has 658 valence electrons. The lowest BCUT2D eigenvalue weighted by atomic mass is 9.92. The maximum absolute atomic E-state index is 13.6. The van der Waals surface area contributed by atoms with E-state index in [-0.39, 0.29) is 54.2 Å². The second-order valence-corrected chi connectivity index (χ2v) is 34.1. The molecule has 34 nitrogen and oxygen atoms in total. The van der Waals surface area contributed by atoms with Crippen molar-refractivity contribution < 1.29 is 28.6 Å². The highest BCUT2D eigenvalue weighted by Crippen LogP contribution is 2.41. The van der Waals surface area contributed by atoms with Crippen molar-refractivity contribution in [2.75, 3.05) is 132 Å². The summed E-state index contributed by atoms with van der Waals surface area (Å²) < 4.78 is 27.5. The SMILES string of the molecule is CN(C)CCCc1c[nH]c2cc(Nc3ncc4c(=O)n5n(c4n3)-c3ccc4c(c3)N(CCCC=CC5)C(=O)CO4)ccc12.CN(C)CCc1c[nH]c2cc(Nc3ncc4c(=O)n5n(c4n3)-c3ccc4c(c3)N(CCCC=CC5)C(=O)CO4)ccc12.CN1CCC(c2[nH]nc3cc(Nc4ncc5c(=O)n6n(c5n4)-c4ccc5c(c4)N(CCCC=CC6)C(=O)CO5)ccc23)CC1. The summed E-state index contributed by atoms with van der Waals surface area (Å²) in [5.74, 6) is 3.32. The number of ether oxygens (including phenoxy) is 3. The minimum Gasteiger partial charge on any atom is -0.482 e. The molecule has 1 fully saturated rings. The highest BCUT2D eigenvalue weighted by Gasteiger charge is 2.33. The number of fused-ring (bicyclic) bond motifs is 18. The number of anilines is 9. The van der Waals surface area contributed by atoms with Crippen LogP contribution in [0.15, 0.2) is 191 Å². The zero-order chi connectivity index (χ0) is 88.1. The Morgan fingerprint density at radius 1 is 0.434 bits per heavy atom. The third-order valence-electron chi connectivity index (χ3n) is 24.9. The second kappa shape index (κ2) is 35.2. The number of rotatable bonds is 14. The molecule has 6 bridgehead atoms. The zero-order valence-corrected chi connectivity index (χ0v) is 72.5. The fourth-order valence-electron chi connectivity index (χ4n) is 18.2. The average molecular weight is 1740 g/mol. The number of nitrogens with one attached hydrogen (secondary N) is 6. The van der Waals surface area contributed by atoms with Gasteiger partial charge in [-0.2, -0.15) is 20.1 Å². The zero-order valence-electron chi connectivity index (χ0n) is 72.5. The number of benzene rings is 6. The highest BCUT2D eigenvalue weighted by atomic mass is 16.5. The van der Waals surface area contributed by atoms with Gasteiger partial charge in [-0.05, 0) is 234 Å². The van der Waals surface area contributed by atoms with Gasteiger partial charge in [-0.3, -0.25) is 33.9 Å². The third-order valence-corrected chi connectivity index (χ3v) is 24.9. The number of aryl methyl sites for hydroxylation is 1. The van der Waals surface area contributed by atoms with Gasteiger partial charge >= 0.3 is 0 Å². The Morgan fingerprint density at radius 3 is 1.24 bits per heavy atom. The summed E-state index contributed by atoms with van der Waals surface area (Å²) in [7, 11) is 10.5. The summed E-state index contributed by atoms with van der Waals surface area (Å²) in [4.78, 5) is 126. The summed E-state index contributed by atoms with van der Waals surface area (Å²) in [6.45, 7) is 7.19. The van der Waals surface area contributed by atoms with Crippen molar-refractivity contribution in [3.63, 3.8) is 0 Å². The minimum absolute atomic E-state index is 0.0190. The lowest BCUT2D eigenvalue weighted by Crippen LogP contribution is -2.39. The Hall–Kier alpha value is -14.8. The molecule has 0 atom stereocenters. The van der Waals surface area contributed by atoms with Gasteiger partial charge in [0.2, 0.25) is 17.8 Å². The van der Waals surface area contributed by atoms with E-state index in [1.807, 2.05) is 108 Å². The second-order valence-electron chi connectivity index (χ2n) is 34.1. The molecule has 6 N–H and O–H groups in total. The summed E-state index contributed by atoms with van der Waals surface area (Å²) >= 11 is 0. The standard InChI is InChI=1S/C32H33N9O3.C32H34N8O3.C31H32N8O3/c1-38-14-10-20(11-15-38)29-23-8-6-21(16-25(23)36-37-29)34-32-33-18-24-30(35-32)41-22-7-9-27-26(17-22)39(28(42)19-44-27)12-4-2-3-5-13-40(41)31(24)43;1-37(2)13-7-8-21-18-33-26-16-22(9-11-24(21)26)35-32-34-19-25-30(36-32)40-23-10-12-28-27(17-23)38(29(41)20-43-28)14-5-3-4-6-15-39(40)31(25)42;1-36(2)14-11-20-17-32-25-15-21(7-9-23(20)25)34-31-33-18-24-29(35-31)39-22-8-10-27-26(16-22)37(28(40)19-42-27)12-5-3-4-6-13-38(39)30(24)41/h3,5-9,16-18,20H,2,4,10-15,19H2,1H3,(H,36,37)(H,33,34,35);4,6,9-12,16-19,33H,3,5,7-8,13-15,20H2,1-2H3,(H,34,35,36);4,6-10,15-18,32H,3,5,11-14,19H2,1-2H3,(H,33,34,35). The maximum atomic E-state index is 13.6. The molecule has 6 aromatic carbocycles. The van der Waals surface area contributed by atoms with E-state index < -0.39 is 0 Å².